The highest BCUT2D eigenvalue weighted by molar-refractivity contribution is 5.72. The Bertz CT molecular complexity index is 567. The van der Waals surface area contributed by atoms with Crippen LogP contribution in [-0.2, 0) is 11.2 Å². The van der Waals surface area contributed by atoms with Crippen LogP contribution in [0.2, 0.25) is 0 Å². The van der Waals surface area contributed by atoms with Gasteiger partial charge in [0.15, 0.2) is 0 Å². The molecule has 0 saturated carbocycles. The van der Waals surface area contributed by atoms with Crippen molar-refractivity contribution in [3.05, 3.63) is 29.8 Å². The summed E-state index contributed by atoms with van der Waals surface area (Å²) in [6.07, 6.45) is 2.28. The van der Waals surface area contributed by atoms with Crippen LogP contribution in [0, 0.1) is 0 Å². The number of nitrogens with zero attached hydrogens (tertiary/aromatic N) is 2. The predicted molar refractivity (Wildman–Crippen MR) is 96.9 cm³/mol. The van der Waals surface area contributed by atoms with Crippen molar-refractivity contribution >= 4 is 5.97 Å². The quantitative estimate of drug-likeness (QED) is 0.811. The summed E-state index contributed by atoms with van der Waals surface area (Å²) in [5, 5.41) is 13.1. The van der Waals surface area contributed by atoms with E-state index in [1.165, 1.54) is 12.8 Å². The zero-order valence-corrected chi connectivity index (χ0v) is 15.0. The molecule has 0 amide bonds. The van der Waals surface area contributed by atoms with E-state index in [0.717, 1.165) is 51.3 Å². The van der Waals surface area contributed by atoms with Crippen LogP contribution in [0.1, 0.15) is 25.3 Å². The second kappa shape index (κ2) is 8.65. The lowest BCUT2D eigenvalue weighted by atomic mass is 10.0. The summed E-state index contributed by atoms with van der Waals surface area (Å²) in [4.78, 5) is 16.3. The van der Waals surface area contributed by atoms with E-state index < -0.39 is 12.2 Å². The summed E-state index contributed by atoms with van der Waals surface area (Å²) in [6.45, 7) is 7.50. The zero-order valence-electron chi connectivity index (χ0n) is 15.0. The van der Waals surface area contributed by atoms with Crippen molar-refractivity contribution in [1.29, 1.82) is 0 Å². The van der Waals surface area contributed by atoms with Crippen LogP contribution in [0.5, 0.6) is 5.75 Å². The van der Waals surface area contributed by atoms with E-state index in [9.17, 15) is 9.90 Å². The fourth-order valence-electron chi connectivity index (χ4n) is 3.82. The van der Waals surface area contributed by atoms with Crippen molar-refractivity contribution < 1.29 is 14.6 Å². The van der Waals surface area contributed by atoms with Gasteiger partial charge in [0.1, 0.15) is 5.75 Å². The number of nitrogens with one attached hydrogen (secondary N) is 1. The van der Waals surface area contributed by atoms with Crippen molar-refractivity contribution in [3.8, 4) is 5.75 Å². The van der Waals surface area contributed by atoms with E-state index in [2.05, 4.69) is 17.1 Å². The van der Waals surface area contributed by atoms with Gasteiger partial charge in [-0.15, -0.1) is 0 Å². The zero-order chi connectivity index (χ0) is 17.6. The Kier molecular flexibility index (Phi) is 6.29. The van der Waals surface area contributed by atoms with Gasteiger partial charge in [0, 0.05) is 32.2 Å². The molecule has 1 aromatic rings. The van der Waals surface area contributed by atoms with Crippen molar-refractivity contribution in [1.82, 2.24) is 15.1 Å². The summed E-state index contributed by atoms with van der Waals surface area (Å²) in [7, 11) is 0. The van der Waals surface area contributed by atoms with E-state index in [1.807, 2.05) is 29.2 Å². The maximum Gasteiger partial charge on any atom is 0.360 e. The molecule has 6 heteroatoms. The molecule has 0 aromatic heterocycles. The van der Waals surface area contributed by atoms with E-state index in [0.29, 0.717) is 11.8 Å². The minimum Gasteiger partial charge on any atom is -0.477 e. The third-order valence-electron chi connectivity index (χ3n) is 5.31. The first-order valence-electron chi connectivity index (χ1n) is 9.35. The molecule has 0 bridgehead atoms. The highest BCUT2D eigenvalue weighted by Gasteiger charge is 2.33. The van der Waals surface area contributed by atoms with Crippen LogP contribution >= 0.6 is 0 Å². The molecule has 0 aliphatic carbocycles. The number of rotatable bonds is 6. The number of carbonyl (C=O) groups is 1. The van der Waals surface area contributed by atoms with Gasteiger partial charge in [0.2, 0.25) is 0 Å². The first-order valence-corrected chi connectivity index (χ1v) is 9.35. The molecule has 6 nitrogen and oxygen atoms in total. The summed E-state index contributed by atoms with van der Waals surface area (Å²) in [6, 6.07) is 8.33. The van der Waals surface area contributed by atoms with Gasteiger partial charge in [-0.3, -0.25) is 9.80 Å². The maximum absolute atomic E-state index is 11.8. The average molecular weight is 347 g/mol. The van der Waals surface area contributed by atoms with Crippen LogP contribution in [-0.4, -0.2) is 72.4 Å². The fraction of sp³-hybridized carbons (Fsp3) is 0.632. The second-order valence-corrected chi connectivity index (χ2v) is 6.82. The Morgan fingerprint density at radius 3 is 2.56 bits per heavy atom. The number of aliphatic carboxylic acids is 1. The Labute approximate surface area is 149 Å². The van der Waals surface area contributed by atoms with Gasteiger partial charge in [-0.1, -0.05) is 25.1 Å². The largest absolute Gasteiger partial charge is 0.477 e. The SMILES string of the molecule is CCc1ccccc1OC(C(=O)O)N1CCN(C2CCNCC2)CC1. The summed E-state index contributed by atoms with van der Waals surface area (Å²) < 4.78 is 5.92. The normalized spacial score (nSPS) is 21.8. The van der Waals surface area contributed by atoms with Gasteiger partial charge in [-0.2, -0.15) is 0 Å². The molecule has 138 valence electrons. The molecule has 2 aliphatic heterocycles. The molecule has 2 saturated heterocycles. The summed E-state index contributed by atoms with van der Waals surface area (Å²) in [5.74, 6) is -0.237. The monoisotopic (exact) mass is 347 g/mol. The van der Waals surface area contributed by atoms with Crippen LogP contribution in [0.25, 0.3) is 0 Å². The summed E-state index contributed by atoms with van der Waals surface area (Å²) in [5.41, 5.74) is 1.04. The predicted octanol–water partition coefficient (Wildman–Crippen LogP) is 1.41. The van der Waals surface area contributed by atoms with Crippen LogP contribution in [0.4, 0.5) is 0 Å². The number of carboxylic acid groups (broad SMARTS) is 1. The van der Waals surface area contributed by atoms with Gasteiger partial charge >= 0.3 is 5.97 Å². The van der Waals surface area contributed by atoms with Crippen LogP contribution in [0.3, 0.4) is 0 Å². The number of ether oxygens (including phenoxy) is 1. The van der Waals surface area contributed by atoms with Gasteiger partial charge in [0.25, 0.3) is 6.23 Å². The Balaban J connectivity index is 1.61. The van der Waals surface area contributed by atoms with E-state index in [1.54, 1.807) is 0 Å². The molecule has 0 spiro atoms. The smallest absolute Gasteiger partial charge is 0.360 e. The average Bonchev–Trinajstić information content (AvgIpc) is 2.67. The number of para-hydroxylation sites is 1. The number of aryl methyl sites for hydroxylation is 1. The minimum absolute atomic E-state index is 0.633. The topological polar surface area (TPSA) is 65.0 Å². The lowest BCUT2D eigenvalue weighted by Crippen LogP contribution is -2.57. The van der Waals surface area contributed by atoms with Gasteiger partial charge < -0.3 is 15.2 Å². The molecule has 1 atom stereocenters. The lowest BCUT2D eigenvalue weighted by Gasteiger charge is -2.42. The van der Waals surface area contributed by atoms with Crippen molar-refractivity contribution in [3.63, 3.8) is 0 Å². The standard InChI is InChI=1S/C19H29N3O3/c1-2-15-5-3-4-6-17(15)25-18(19(23)24)22-13-11-21(12-14-22)16-7-9-20-10-8-16/h3-6,16,18,20H,2,7-14H2,1H3,(H,23,24). The van der Waals surface area contributed by atoms with Crippen molar-refractivity contribution in [2.75, 3.05) is 39.3 Å². The lowest BCUT2D eigenvalue weighted by molar-refractivity contribution is -0.156. The molecule has 1 aromatic carbocycles. The molecule has 2 N–H and O–H groups in total. The molecular weight excluding hydrogens is 318 g/mol. The molecule has 25 heavy (non-hydrogen) atoms. The Hall–Kier alpha value is -1.63. The van der Waals surface area contributed by atoms with E-state index >= 15 is 0 Å². The van der Waals surface area contributed by atoms with Gasteiger partial charge in [-0.05, 0) is 44.0 Å². The minimum atomic E-state index is -0.916. The van der Waals surface area contributed by atoms with Gasteiger partial charge in [-0.25, -0.2) is 4.79 Å². The third-order valence-corrected chi connectivity index (χ3v) is 5.31. The molecule has 2 heterocycles. The number of hydrogen-bond donors (Lipinski definition) is 2. The summed E-state index contributed by atoms with van der Waals surface area (Å²) >= 11 is 0. The molecule has 0 radical (unpaired) electrons. The first-order chi connectivity index (χ1) is 12.2. The highest BCUT2D eigenvalue weighted by Crippen LogP contribution is 2.22. The number of piperidine rings is 1. The first kappa shape index (κ1) is 18.2. The number of piperazine rings is 1. The van der Waals surface area contributed by atoms with Crippen LogP contribution < -0.4 is 10.1 Å². The van der Waals surface area contributed by atoms with Crippen molar-refractivity contribution in [2.45, 2.75) is 38.5 Å². The Morgan fingerprint density at radius 2 is 1.92 bits per heavy atom. The molecule has 3 rings (SSSR count). The third kappa shape index (κ3) is 4.51. The number of benzene rings is 1. The number of hydrogen-bond acceptors (Lipinski definition) is 5. The van der Waals surface area contributed by atoms with E-state index in [4.69, 9.17) is 4.74 Å². The van der Waals surface area contributed by atoms with Crippen molar-refractivity contribution in [2.24, 2.45) is 0 Å². The van der Waals surface area contributed by atoms with Gasteiger partial charge in [0.05, 0.1) is 0 Å². The Morgan fingerprint density at radius 1 is 1.24 bits per heavy atom. The highest BCUT2D eigenvalue weighted by atomic mass is 16.5. The molecule has 2 aliphatic rings. The maximum atomic E-state index is 11.8. The molecule has 1 unspecified atom stereocenters. The van der Waals surface area contributed by atoms with Crippen LogP contribution in [0.15, 0.2) is 24.3 Å². The molecule has 2 fully saturated rings. The molecular formula is C19H29N3O3. The number of carboxylic acids is 1. The second-order valence-electron chi connectivity index (χ2n) is 6.82. The fourth-order valence-corrected chi connectivity index (χ4v) is 3.82. The van der Waals surface area contributed by atoms with E-state index in [-0.39, 0.29) is 0 Å².